The van der Waals surface area contributed by atoms with Crippen molar-refractivity contribution in [1.82, 2.24) is 9.78 Å². The predicted octanol–water partition coefficient (Wildman–Crippen LogP) is 3.63. The zero-order chi connectivity index (χ0) is 16.7. The second kappa shape index (κ2) is 5.53. The van der Waals surface area contributed by atoms with E-state index in [2.05, 4.69) is 10.4 Å². The summed E-state index contributed by atoms with van der Waals surface area (Å²) in [5.41, 5.74) is 4.54. The Morgan fingerprint density at radius 2 is 2.00 bits per heavy atom. The molecule has 0 bridgehead atoms. The van der Waals surface area contributed by atoms with Crippen LogP contribution in [0.15, 0.2) is 54.7 Å². The molecule has 0 radical (unpaired) electrons. The lowest BCUT2D eigenvalue weighted by Gasteiger charge is -2.22. The first kappa shape index (κ1) is 14.5. The minimum atomic E-state index is -0.00958. The molecule has 1 aliphatic heterocycles. The summed E-state index contributed by atoms with van der Waals surface area (Å²) in [4.78, 5) is 15.0. The fraction of sp³-hybridized carbons (Fsp3) is 0.158. The van der Waals surface area contributed by atoms with Gasteiger partial charge in [-0.1, -0.05) is 29.8 Å². The second-order valence-corrected chi connectivity index (χ2v) is 6.04. The summed E-state index contributed by atoms with van der Waals surface area (Å²) in [7, 11) is 1.90. The Hall–Kier alpha value is -3.08. The Labute approximate surface area is 140 Å². The van der Waals surface area contributed by atoms with Crippen molar-refractivity contribution in [3.8, 4) is 0 Å². The maximum atomic E-state index is 13.2. The minimum absolute atomic E-state index is 0.00958. The van der Waals surface area contributed by atoms with Crippen LogP contribution in [0, 0.1) is 6.92 Å². The van der Waals surface area contributed by atoms with Gasteiger partial charge in [-0.15, -0.1) is 0 Å². The van der Waals surface area contributed by atoms with Crippen LogP contribution in [0.2, 0.25) is 0 Å². The second-order valence-electron chi connectivity index (χ2n) is 6.04. The lowest BCUT2D eigenvalue weighted by molar-refractivity contribution is 0.0985. The van der Waals surface area contributed by atoms with Crippen molar-refractivity contribution in [3.05, 3.63) is 71.4 Å². The van der Waals surface area contributed by atoms with Gasteiger partial charge in [-0.25, -0.2) is 0 Å². The van der Waals surface area contributed by atoms with E-state index in [9.17, 15) is 4.79 Å². The van der Waals surface area contributed by atoms with Gasteiger partial charge in [-0.05, 0) is 31.2 Å². The number of rotatable bonds is 1. The average Bonchev–Trinajstić information content (AvgIpc) is 2.84. The molecule has 1 aromatic heterocycles. The number of amides is 1. The van der Waals surface area contributed by atoms with E-state index in [0.717, 1.165) is 28.3 Å². The van der Waals surface area contributed by atoms with Gasteiger partial charge in [-0.2, -0.15) is 5.10 Å². The Bertz CT molecular complexity index is 929. The summed E-state index contributed by atoms with van der Waals surface area (Å²) in [5.74, 6) is 0.909. The van der Waals surface area contributed by atoms with Crippen molar-refractivity contribution < 1.29 is 4.79 Å². The molecule has 0 aliphatic carbocycles. The SMILES string of the molecule is Cc1cccc(C(=O)N2Cc3cnn(C)c3Nc3ccccc32)c1. The lowest BCUT2D eigenvalue weighted by Crippen LogP contribution is -2.30. The molecule has 0 saturated heterocycles. The van der Waals surface area contributed by atoms with Crippen molar-refractivity contribution in [2.45, 2.75) is 13.5 Å². The van der Waals surface area contributed by atoms with E-state index >= 15 is 0 Å². The molecule has 0 fully saturated rings. The van der Waals surface area contributed by atoms with Crippen LogP contribution in [-0.2, 0) is 13.6 Å². The van der Waals surface area contributed by atoms with E-state index in [1.807, 2.05) is 73.6 Å². The number of aryl methyl sites for hydroxylation is 2. The lowest BCUT2D eigenvalue weighted by atomic mass is 10.1. The van der Waals surface area contributed by atoms with E-state index in [1.54, 1.807) is 4.68 Å². The maximum Gasteiger partial charge on any atom is 0.258 e. The predicted molar refractivity (Wildman–Crippen MR) is 94.6 cm³/mol. The van der Waals surface area contributed by atoms with Crippen LogP contribution < -0.4 is 10.2 Å². The molecule has 5 heteroatoms. The molecule has 0 saturated carbocycles. The number of fused-ring (bicyclic) bond motifs is 2. The molecule has 1 N–H and O–H groups in total. The van der Waals surface area contributed by atoms with Gasteiger partial charge in [0.2, 0.25) is 0 Å². The van der Waals surface area contributed by atoms with Crippen LogP contribution in [0.5, 0.6) is 0 Å². The number of hydrogen-bond acceptors (Lipinski definition) is 3. The molecule has 3 aromatic rings. The van der Waals surface area contributed by atoms with Crippen LogP contribution in [-0.4, -0.2) is 15.7 Å². The Balaban J connectivity index is 1.83. The molecule has 0 spiro atoms. The first-order valence-electron chi connectivity index (χ1n) is 7.89. The van der Waals surface area contributed by atoms with Crippen LogP contribution in [0.3, 0.4) is 0 Å². The molecule has 0 atom stereocenters. The van der Waals surface area contributed by atoms with Crippen LogP contribution >= 0.6 is 0 Å². The highest BCUT2D eigenvalue weighted by Gasteiger charge is 2.26. The summed E-state index contributed by atoms with van der Waals surface area (Å²) in [6.07, 6.45) is 1.81. The largest absolute Gasteiger partial charge is 0.338 e. The number of hydrogen-bond donors (Lipinski definition) is 1. The summed E-state index contributed by atoms with van der Waals surface area (Å²) < 4.78 is 1.80. The van der Waals surface area contributed by atoms with Gasteiger partial charge in [0.25, 0.3) is 5.91 Å². The maximum absolute atomic E-state index is 13.2. The van der Waals surface area contributed by atoms with Gasteiger partial charge in [-0.3, -0.25) is 9.48 Å². The molecular weight excluding hydrogens is 300 g/mol. The monoisotopic (exact) mass is 318 g/mol. The average molecular weight is 318 g/mol. The minimum Gasteiger partial charge on any atom is -0.338 e. The summed E-state index contributed by atoms with van der Waals surface area (Å²) in [5, 5.41) is 7.72. The first-order chi connectivity index (χ1) is 11.6. The third-order valence-electron chi connectivity index (χ3n) is 4.30. The normalized spacial score (nSPS) is 12.8. The van der Waals surface area contributed by atoms with Crippen molar-refractivity contribution in [3.63, 3.8) is 0 Å². The van der Waals surface area contributed by atoms with Gasteiger partial charge in [0.1, 0.15) is 5.82 Å². The van der Waals surface area contributed by atoms with Gasteiger partial charge in [0.15, 0.2) is 0 Å². The van der Waals surface area contributed by atoms with Crippen molar-refractivity contribution in [2.75, 3.05) is 10.2 Å². The molecule has 24 heavy (non-hydrogen) atoms. The Kier molecular flexibility index (Phi) is 3.34. The van der Waals surface area contributed by atoms with E-state index in [4.69, 9.17) is 0 Å². The number of anilines is 3. The molecule has 1 amide bonds. The first-order valence-corrected chi connectivity index (χ1v) is 7.89. The fourth-order valence-electron chi connectivity index (χ4n) is 3.07. The summed E-state index contributed by atoms with van der Waals surface area (Å²) in [6, 6.07) is 15.6. The number of nitrogens with zero attached hydrogens (tertiary/aromatic N) is 3. The number of para-hydroxylation sites is 2. The van der Waals surface area contributed by atoms with Crippen LogP contribution in [0.4, 0.5) is 17.2 Å². The summed E-state index contributed by atoms with van der Waals surface area (Å²) in [6.45, 7) is 2.48. The topological polar surface area (TPSA) is 50.2 Å². The number of carbonyl (C=O) groups is 1. The molecular formula is C19H18N4O. The van der Waals surface area contributed by atoms with Gasteiger partial charge in [0, 0.05) is 18.2 Å². The molecule has 4 rings (SSSR count). The fourth-order valence-corrected chi connectivity index (χ4v) is 3.07. The van der Waals surface area contributed by atoms with Crippen LogP contribution in [0.1, 0.15) is 21.5 Å². The molecule has 5 nitrogen and oxygen atoms in total. The van der Waals surface area contributed by atoms with Crippen molar-refractivity contribution in [2.24, 2.45) is 7.05 Å². The third kappa shape index (κ3) is 2.34. The highest BCUT2D eigenvalue weighted by atomic mass is 16.2. The van der Waals surface area contributed by atoms with Crippen molar-refractivity contribution >= 4 is 23.1 Å². The smallest absolute Gasteiger partial charge is 0.258 e. The zero-order valence-electron chi connectivity index (χ0n) is 13.7. The van der Waals surface area contributed by atoms with E-state index in [1.165, 1.54) is 0 Å². The summed E-state index contributed by atoms with van der Waals surface area (Å²) >= 11 is 0. The molecule has 2 heterocycles. The Morgan fingerprint density at radius 3 is 2.83 bits per heavy atom. The van der Waals surface area contributed by atoms with E-state index in [-0.39, 0.29) is 5.91 Å². The molecule has 2 aromatic carbocycles. The zero-order valence-corrected chi connectivity index (χ0v) is 13.7. The number of nitrogens with one attached hydrogen (secondary N) is 1. The molecule has 1 aliphatic rings. The van der Waals surface area contributed by atoms with Crippen LogP contribution in [0.25, 0.3) is 0 Å². The van der Waals surface area contributed by atoms with Gasteiger partial charge >= 0.3 is 0 Å². The number of carbonyl (C=O) groups excluding carboxylic acids is 1. The molecule has 120 valence electrons. The highest BCUT2D eigenvalue weighted by Crippen LogP contribution is 2.36. The van der Waals surface area contributed by atoms with E-state index in [0.29, 0.717) is 12.1 Å². The van der Waals surface area contributed by atoms with Gasteiger partial charge < -0.3 is 10.2 Å². The van der Waals surface area contributed by atoms with E-state index < -0.39 is 0 Å². The third-order valence-corrected chi connectivity index (χ3v) is 4.30. The number of aromatic nitrogens is 2. The molecule has 0 unspecified atom stereocenters. The standard InChI is InChI=1S/C19H18N4O/c1-13-6-5-7-14(10-13)19(24)23-12-15-11-20-22(2)18(15)21-16-8-3-4-9-17(16)23/h3-11,21H,12H2,1-2H3. The Morgan fingerprint density at radius 1 is 1.17 bits per heavy atom. The number of benzene rings is 2. The van der Waals surface area contributed by atoms with Crippen molar-refractivity contribution in [1.29, 1.82) is 0 Å². The highest BCUT2D eigenvalue weighted by molar-refractivity contribution is 6.08. The quantitative estimate of drug-likeness (QED) is 0.745. The van der Waals surface area contributed by atoms with Gasteiger partial charge in [0.05, 0.1) is 24.1 Å².